The number of nitrogens with one attached hydrogen (secondary N) is 3. The number of carbonyl (C=O) groups excluding carboxylic acids is 3. The lowest BCUT2D eigenvalue weighted by Gasteiger charge is -2.24. The molecule has 0 rings (SSSR count). The van der Waals surface area contributed by atoms with Gasteiger partial charge in [0, 0.05) is 6.54 Å². The fraction of sp³-hybridized carbons (Fsp3) is 0.706. The molecule has 0 aromatic rings. The Morgan fingerprint density at radius 3 is 2.10 bits per heavy atom. The third-order valence-corrected chi connectivity index (χ3v) is 3.87. The van der Waals surface area contributed by atoms with E-state index >= 15 is 0 Å². The highest BCUT2D eigenvalue weighted by Crippen LogP contribution is 2.06. The van der Waals surface area contributed by atoms with Gasteiger partial charge in [-0.25, -0.2) is 0 Å². The van der Waals surface area contributed by atoms with Crippen LogP contribution >= 0.6 is 0 Å². The predicted octanol–water partition coefficient (Wildman–Crippen LogP) is -3.42. The second-order valence-electron chi connectivity index (χ2n) is 7.10. The Kier molecular flexibility index (Phi) is 12.7. The van der Waals surface area contributed by atoms with Crippen LogP contribution in [0.3, 0.4) is 0 Å². The molecule has 0 radical (unpaired) electrons. The lowest BCUT2D eigenvalue weighted by Crippen LogP contribution is -2.57. The van der Waals surface area contributed by atoms with Gasteiger partial charge in [0.05, 0.1) is 12.6 Å². The second kappa shape index (κ2) is 14.1. The third kappa shape index (κ3) is 11.8. The summed E-state index contributed by atoms with van der Waals surface area (Å²) in [6, 6.07) is -3.31. The first-order valence-corrected chi connectivity index (χ1v) is 9.50. The predicted molar refractivity (Wildman–Crippen MR) is 109 cm³/mol. The van der Waals surface area contributed by atoms with Gasteiger partial charge in [0.1, 0.15) is 18.6 Å². The van der Waals surface area contributed by atoms with Crippen molar-refractivity contribution in [2.75, 3.05) is 19.7 Å². The van der Waals surface area contributed by atoms with Crippen molar-refractivity contribution in [2.45, 2.75) is 51.2 Å². The van der Waals surface area contributed by atoms with Gasteiger partial charge in [0.15, 0.2) is 5.96 Å². The van der Waals surface area contributed by atoms with E-state index < -0.39 is 55.0 Å². The summed E-state index contributed by atoms with van der Waals surface area (Å²) in [4.78, 5) is 51.2. The number of nitrogens with two attached hydrogens (primary N) is 3. The van der Waals surface area contributed by atoms with E-state index in [1.54, 1.807) is 0 Å². The smallest absolute Gasteiger partial charge is 0.322 e. The van der Waals surface area contributed by atoms with E-state index in [4.69, 9.17) is 22.3 Å². The van der Waals surface area contributed by atoms with Crippen LogP contribution in [-0.2, 0) is 19.2 Å². The molecule has 30 heavy (non-hydrogen) atoms. The van der Waals surface area contributed by atoms with Crippen molar-refractivity contribution in [3.63, 3.8) is 0 Å². The fourth-order valence-corrected chi connectivity index (χ4v) is 2.38. The SMILES string of the molecule is CC(C)CC(NC(=O)C(CO)NC(=O)C(N)CCCN=C(N)N)C(=O)NCC(=O)O. The molecule has 0 aromatic heterocycles. The van der Waals surface area contributed by atoms with Crippen LogP contribution in [0.2, 0.25) is 0 Å². The number of hydrogen-bond acceptors (Lipinski definition) is 7. The standard InChI is InChI=1S/C17H33N7O6/c1-9(2)6-11(15(29)22-7-13(26)27)23-16(30)12(8-25)24-14(28)10(18)4-3-5-21-17(19)20/h9-12,25H,3-8,18H2,1-2H3,(H,22,29)(H,23,30)(H,24,28)(H,26,27)(H4,19,20,21). The van der Waals surface area contributed by atoms with Crippen LogP contribution in [0.25, 0.3) is 0 Å². The first-order chi connectivity index (χ1) is 14.0. The van der Waals surface area contributed by atoms with Crippen molar-refractivity contribution in [2.24, 2.45) is 28.1 Å². The molecule has 0 bridgehead atoms. The summed E-state index contributed by atoms with van der Waals surface area (Å²) in [5, 5.41) is 25.1. The number of guanidine groups is 1. The lowest BCUT2D eigenvalue weighted by atomic mass is 10.0. The number of aliphatic hydroxyl groups excluding tert-OH is 1. The average molecular weight is 431 g/mol. The summed E-state index contributed by atoms with van der Waals surface area (Å²) in [5.74, 6) is -3.44. The van der Waals surface area contributed by atoms with E-state index in [0.717, 1.165) is 0 Å². The van der Waals surface area contributed by atoms with Crippen LogP contribution in [-0.4, -0.2) is 77.7 Å². The quantitative estimate of drug-likeness (QED) is 0.0775. The maximum atomic E-state index is 12.4. The number of amides is 3. The van der Waals surface area contributed by atoms with E-state index in [9.17, 15) is 24.3 Å². The van der Waals surface area contributed by atoms with Crippen LogP contribution in [0.4, 0.5) is 0 Å². The van der Waals surface area contributed by atoms with E-state index in [1.807, 2.05) is 13.8 Å². The number of aliphatic carboxylic acids is 1. The minimum atomic E-state index is -1.33. The van der Waals surface area contributed by atoms with Crippen molar-refractivity contribution < 1.29 is 29.4 Å². The van der Waals surface area contributed by atoms with E-state index in [-0.39, 0.29) is 31.3 Å². The lowest BCUT2D eigenvalue weighted by molar-refractivity contribution is -0.138. The van der Waals surface area contributed by atoms with Crippen LogP contribution in [0.1, 0.15) is 33.1 Å². The molecule has 3 unspecified atom stereocenters. The van der Waals surface area contributed by atoms with Gasteiger partial charge in [0.2, 0.25) is 17.7 Å². The van der Waals surface area contributed by atoms with Gasteiger partial charge in [-0.1, -0.05) is 13.8 Å². The van der Waals surface area contributed by atoms with Gasteiger partial charge in [-0.3, -0.25) is 24.2 Å². The number of nitrogens with zero attached hydrogens (tertiary/aromatic N) is 1. The first kappa shape index (κ1) is 27.1. The van der Waals surface area contributed by atoms with Gasteiger partial charge in [0.25, 0.3) is 0 Å². The molecular weight excluding hydrogens is 398 g/mol. The molecule has 0 spiro atoms. The molecule has 0 aromatic carbocycles. The number of aliphatic imine (C=N–C) groups is 1. The number of aliphatic hydroxyl groups is 1. The van der Waals surface area contributed by atoms with Crippen molar-refractivity contribution in [3.05, 3.63) is 0 Å². The van der Waals surface area contributed by atoms with Gasteiger partial charge in [-0.15, -0.1) is 0 Å². The number of rotatable bonds is 14. The summed E-state index contributed by atoms with van der Waals surface area (Å²) in [5.41, 5.74) is 16.2. The molecular formula is C17H33N7O6. The van der Waals surface area contributed by atoms with Crippen LogP contribution in [0.5, 0.6) is 0 Å². The van der Waals surface area contributed by atoms with Gasteiger partial charge >= 0.3 is 5.97 Å². The summed E-state index contributed by atoms with van der Waals surface area (Å²) < 4.78 is 0. The van der Waals surface area contributed by atoms with Crippen molar-refractivity contribution in [1.82, 2.24) is 16.0 Å². The maximum Gasteiger partial charge on any atom is 0.322 e. The zero-order valence-electron chi connectivity index (χ0n) is 17.3. The van der Waals surface area contributed by atoms with Crippen LogP contribution in [0.15, 0.2) is 4.99 Å². The molecule has 0 aliphatic rings. The van der Waals surface area contributed by atoms with Gasteiger partial charge < -0.3 is 43.4 Å². The van der Waals surface area contributed by atoms with Crippen molar-refractivity contribution >= 4 is 29.7 Å². The number of hydrogen-bond donors (Lipinski definition) is 8. The zero-order valence-corrected chi connectivity index (χ0v) is 17.3. The molecule has 3 atom stereocenters. The van der Waals surface area contributed by atoms with E-state index in [1.165, 1.54) is 0 Å². The molecule has 0 aliphatic heterocycles. The number of carboxylic acids is 1. The summed E-state index contributed by atoms with van der Waals surface area (Å²) in [7, 11) is 0. The molecule has 0 saturated heterocycles. The number of carboxylic acid groups (broad SMARTS) is 1. The highest BCUT2D eigenvalue weighted by molar-refractivity contribution is 5.93. The Morgan fingerprint density at radius 1 is 1.00 bits per heavy atom. The van der Waals surface area contributed by atoms with Gasteiger partial charge in [-0.05, 0) is 25.2 Å². The molecule has 0 saturated carbocycles. The Hall–Kier alpha value is -2.93. The second-order valence-corrected chi connectivity index (χ2v) is 7.10. The molecule has 3 amide bonds. The Labute approximate surface area is 174 Å². The normalized spacial score (nSPS) is 13.6. The third-order valence-electron chi connectivity index (χ3n) is 3.87. The van der Waals surface area contributed by atoms with E-state index in [2.05, 4.69) is 20.9 Å². The molecule has 0 aliphatic carbocycles. The molecule has 13 heteroatoms. The zero-order chi connectivity index (χ0) is 23.3. The molecule has 172 valence electrons. The monoisotopic (exact) mass is 431 g/mol. The Morgan fingerprint density at radius 2 is 1.60 bits per heavy atom. The van der Waals surface area contributed by atoms with E-state index in [0.29, 0.717) is 6.42 Å². The molecule has 0 fully saturated rings. The minimum absolute atomic E-state index is 0.00619. The van der Waals surface area contributed by atoms with Gasteiger partial charge in [-0.2, -0.15) is 0 Å². The fourth-order valence-electron chi connectivity index (χ4n) is 2.38. The summed E-state index contributed by atoms with van der Waals surface area (Å²) in [6.07, 6.45) is 0.909. The van der Waals surface area contributed by atoms with Crippen molar-refractivity contribution in [1.29, 1.82) is 0 Å². The Bertz CT molecular complexity index is 622. The highest BCUT2D eigenvalue weighted by Gasteiger charge is 2.28. The molecule has 11 N–H and O–H groups in total. The average Bonchev–Trinajstić information content (AvgIpc) is 2.65. The Balaban J connectivity index is 4.85. The summed E-state index contributed by atoms with van der Waals surface area (Å²) >= 11 is 0. The molecule has 0 heterocycles. The van der Waals surface area contributed by atoms with Crippen molar-refractivity contribution in [3.8, 4) is 0 Å². The molecule has 13 nitrogen and oxygen atoms in total. The topological polar surface area (TPSA) is 235 Å². The maximum absolute atomic E-state index is 12.4. The van der Waals surface area contributed by atoms with Crippen LogP contribution < -0.4 is 33.2 Å². The minimum Gasteiger partial charge on any atom is -0.480 e. The highest BCUT2D eigenvalue weighted by atomic mass is 16.4. The van der Waals surface area contributed by atoms with Crippen LogP contribution in [0, 0.1) is 5.92 Å². The summed E-state index contributed by atoms with van der Waals surface area (Å²) in [6.45, 7) is 2.60. The largest absolute Gasteiger partial charge is 0.480 e. The first-order valence-electron chi connectivity index (χ1n) is 9.50. The number of carbonyl (C=O) groups is 4.